The summed E-state index contributed by atoms with van der Waals surface area (Å²) < 4.78 is 31.5. The van der Waals surface area contributed by atoms with E-state index >= 15 is 0 Å². The molecule has 3 rings (SSSR count). The van der Waals surface area contributed by atoms with Crippen molar-refractivity contribution in [1.29, 1.82) is 0 Å². The third-order valence-electron chi connectivity index (χ3n) is 5.32. The van der Waals surface area contributed by atoms with Crippen LogP contribution in [0.15, 0.2) is 36.4 Å². The third-order valence-corrected chi connectivity index (χ3v) is 8.38. The van der Waals surface area contributed by atoms with Crippen LogP contribution in [0.5, 0.6) is 5.75 Å². The first-order valence-electron chi connectivity index (χ1n) is 9.94. The summed E-state index contributed by atoms with van der Waals surface area (Å²) >= 11 is 1.45. The van der Waals surface area contributed by atoms with Gasteiger partial charge in [-0.3, -0.25) is 4.79 Å². The molecule has 0 spiro atoms. The molecule has 1 aromatic carbocycles. The predicted molar refractivity (Wildman–Crippen MR) is 117 cm³/mol. The number of nitrogens with zero attached hydrogens (tertiary/aromatic N) is 2. The average molecular weight is 437 g/mol. The summed E-state index contributed by atoms with van der Waals surface area (Å²) in [5.74, 6) is 0.673. The van der Waals surface area contributed by atoms with E-state index in [0.717, 1.165) is 10.4 Å². The number of likely N-dealkylation sites (tertiary alicyclic amines) is 1. The van der Waals surface area contributed by atoms with Gasteiger partial charge in [0.25, 0.3) is 5.91 Å². The molecule has 1 amide bonds. The van der Waals surface area contributed by atoms with Gasteiger partial charge in [-0.2, -0.15) is 0 Å². The minimum Gasteiger partial charge on any atom is -0.492 e. The monoisotopic (exact) mass is 436 g/mol. The maximum Gasteiger partial charge on any atom is 0.267 e. The fourth-order valence-electron chi connectivity index (χ4n) is 3.54. The van der Waals surface area contributed by atoms with Gasteiger partial charge in [-0.1, -0.05) is 30.3 Å². The Morgan fingerprint density at radius 2 is 1.86 bits per heavy atom. The Hall–Kier alpha value is -1.90. The second kappa shape index (κ2) is 9.28. The first-order valence-corrected chi connectivity index (χ1v) is 12.4. The highest BCUT2D eigenvalue weighted by Crippen LogP contribution is 2.37. The van der Waals surface area contributed by atoms with Crippen LogP contribution in [0.25, 0.3) is 10.4 Å². The van der Waals surface area contributed by atoms with Gasteiger partial charge in [0.15, 0.2) is 0 Å². The molecule has 2 heterocycles. The molecule has 0 N–H and O–H groups in total. The summed E-state index contributed by atoms with van der Waals surface area (Å²) in [5.41, 5.74) is 1.06. The first-order chi connectivity index (χ1) is 13.9. The smallest absolute Gasteiger partial charge is 0.267 e. The summed E-state index contributed by atoms with van der Waals surface area (Å²) in [6.07, 6.45) is 1.28. The number of carbonyl (C=O) groups is 1. The van der Waals surface area contributed by atoms with Crippen LogP contribution in [0.1, 0.15) is 36.4 Å². The molecule has 1 aliphatic rings. The van der Waals surface area contributed by atoms with Crippen molar-refractivity contribution in [2.45, 2.75) is 32.7 Å². The Labute approximate surface area is 177 Å². The summed E-state index contributed by atoms with van der Waals surface area (Å²) in [4.78, 5) is 16.6. The molecular weight excluding hydrogens is 408 g/mol. The lowest BCUT2D eigenvalue weighted by atomic mass is 10.1. The Morgan fingerprint density at radius 3 is 2.45 bits per heavy atom. The number of hydrogen-bond acceptors (Lipinski definition) is 5. The van der Waals surface area contributed by atoms with Gasteiger partial charge in [0.05, 0.1) is 12.4 Å². The number of thiophene rings is 1. The lowest BCUT2D eigenvalue weighted by Gasteiger charge is -2.36. The van der Waals surface area contributed by atoms with E-state index < -0.39 is 10.0 Å². The van der Waals surface area contributed by atoms with Gasteiger partial charge in [-0.05, 0) is 38.3 Å². The highest BCUT2D eigenvalue weighted by atomic mass is 32.2. The predicted octanol–water partition coefficient (Wildman–Crippen LogP) is 3.70. The lowest BCUT2D eigenvalue weighted by Crippen LogP contribution is -2.47. The molecule has 0 saturated carbocycles. The quantitative estimate of drug-likeness (QED) is 0.664. The van der Waals surface area contributed by atoms with Gasteiger partial charge in [0.1, 0.15) is 10.6 Å². The van der Waals surface area contributed by atoms with Crippen molar-refractivity contribution in [1.82, 2.24) is 9.21 Å². The fourth-order valence-corrected chi connectivity index (χ4v) is 5.68. The zero-order valence-electron chi connectivity index (χ0n) is 17.1. The molecule has 0 unspecified atom stereocenters. The Bertz CT molecular complexity index is 933. The van der Waals surface area contributed by atoms with Crippen LogP contribution in [-0.2, 0) is 10.0 Å². The zero-order chi connectivity index (χ0) is 21.0. The molecule has 1 aliphatic heterocycles. The molecule has 6 nitrogen and oxygen atoms in total. The molecule has 1 fully saturated rings. The Balaban J connectivity index is 1.75. The van der Waals surface area contributed by atoms with E-state index in [4.69, 9.17) is 4.74 Å². The number of carbonyl (C=O) groups excluding carboxylic acids is 1. The largest absolute Gasteiger partial charge is 0.492 e. The molecule has 8 heteroatoms. The molecule has 1 saturated heterocycles. The maximum atomic E-state index is 13.2. The van der Waals surface area contributed by atoms with Gasteiger partial charge < -0.3 is 9.64 Å². The van der Waals surface area contributed by atoms with Crippen LogP contribution in [0.3, 0.4) is 0 Å². The van der Waals surface area contributed by atoms with Gasteiger partial charge in [-0.15, -0.1) is 11.3 Å². The van der Waals surface area contributed by atoms with Crippen LogP contribution in [-0.4, -0.2) is 62.1 Å². The van der Waals surface area contributed by atoms with E-state index in [1.807, 2.05) is 48.2 Å². The number of amides is 1. The second-order valence-electron chi connectivity index (χ2n) is 7.04. The summed E-state index contributed by atoms with van der Waals surface area (Å²) in [6.45, 7) is 5.13. The topological polar surface area (TPSA) is 66.9 Å². The fraction of sp³-hybridized carbons (Fsp3) is 0.476. The number of hydrogen-bond donors (Lipinski definition) is 0. The van der Waals surface area contributed by atoms with Gasteiger partial charge in [0.2, 0.25) is 10.0 Å². The molecule has 0 atom stereocenters. The standard InChI is InChI=1S/C21H28N2O4S2/c1-4-27-18-15-19(16-9-7-6-8-10-16)28-20(18)21(24)23-13-11-17(12-14-23)22(3)29(25,26)5-2/h6-10,15,17H,4-5,11-14H2,1-3H3. The molecule has 0 aliphatic carbocycles. The molecule has 0 radical (unpaired) electrons. The van der Waals surface area contributed by atoms with E-state index in [0.29, 0.717) is 43.2 Å². The van der Waals surface area contributed by atoms with Crippen LogP contribution in [0, 0.1) is 0 Å². The number of benzene rings is 1. The van der Waals surface area contributed by atoms with Gasteiger partial charge in [-0.25, -0.2) is 12.7 Å². The van der Waals surface area contributed by atoms with E-state index in [2.05, 4.69) is 0 Å². The first kappa shape index (κ1) is 21.8. The number of ether oxygens (including phenoxy) is 1. The lowest BCUT2D eigenvalue weighted by molar-refractivity contribution is 0.0687. The minimum atomic E-state index is -3.22. The van der Waals surface area contributed by atoms with Crippen molar-refractivity contribution in [2.75, 3.05) is 32.5 Å². The van der Waals surface area contributed by atoms with E-state index in [1.54, 1.807) is 14.0 Å². The number of sulfonamides is 1. The average Bonchev–Trinajstić information content (AvgIpc) is 3.17. The van der Waals surface area contributed by atoms with Crippen LogP contribution in [0.2, 0.25) is 0 Å². The van der Waals surface area contributed by atoms with Crippen LogP contribution in [0.4, 0.5) is 0 Å². The van der Waals surface area contributed by atoms with E-state index in [-0.39, 0.29) is 17.7 Å². The Morgan fingerprint density at radius 1 is 1.21 bits per heavy atom. The zero-order valence-corrected chi connectivity index (χ0v) is 18.8. The summed E-state index contributed by atoms with van der Waals surface area (Å²) in [6, 6.07) is 11.8. The maximum absolute atomic E-state index is 13.2. The highest BCUT2D eigenvalue weighted by molar-refractivity contribution is 7.89. The normalized spacial score (nSPS) is 15.7. The van der Waals surface area contributed by atoms with Crippen molar-refractivity contribution in [3.8, 4) is 16.2 Å². The summed E-state index contributed by atoms with van der Waals surface area (Å²) in [5, 5.41) is 0. The van der Waals surface area contributed by atoms with Crippen molar-refractivity contribution < 1.29 is 17.9 Å². The summed E-state index contributed by atoms with van der Waals surface area (Å²) in [7, 11) is -1.58. The number of piperidine rings is 1. The molecule has 0 bridgehead atoms. The van der Waals surface area contributed by atoms with Crippen molar-refractivity contribution in [2.24, 2.45) is 0 Å². The SMILES string of the molecule is CCOc1cc(-c2ccccc2)sc1C(=O)N1CCC(N(C)S(=O)(=O)CC)CC1. The molecule has 1 aromatic heterocycles. The van der Waals surface area contributed by atoms with Crippen molar-refractivity contribution in [3.05, 3.63) is 41.3 Å². The van der Waals surface area contributed by atoms with Crippen molar-refractivity contribution in [3.63, 3.8) is 0 Å². The Kier molecular flexibility index (Phi) is 6.97. The van der Waals surface area contributed by atoms with Gasteiger partial charge >= 0.3 is 0 Å². The van der Waals surface area contributed by atoms with E-state index in [1.165, 1.54) is 15.6 Å². The number of rotatable bonds is 7. The highest BCUT2D eigenvalue weighted by Gasteiger charge is 2.32. The molecular formula is C21H28N2O4S2. The molecule has 29 heavy (non-hydrogen) atoms. The van der Waals surface area contributed by atoms with Crippen LogP contribution < -0.4 is 4.74 Å². The molecule has 158 valence electrons. The minimum absolute atomic E-state index is 0.0416. The van der Waals surface area contributed by atoms with Gasteiger partial charge in [0, 0.05) is 31.1 Å². The second-order valence-corrected chi connectivity index (χ2v) is 10.4. The van der Waals surface area contributed by atoms with Crippen molar-refractivity contribution >= 4 is 27.3 Å². The van der Waals surface area contributed by atoms with Crippen LogP contribution >= 0.6 is 11.3 Å². The third kappa shape index (κ3) is 4.82. The molecule has 2 aromatic rings. The van der Waals surface area contributed by atoms with E-state index in [9.17, 15) is 13.2 Å².